The van der Waals surface area contributed by atoms with Gasteiger partial charge in [0, 0.05) is 5.56 Å². The zero-order valence-corrected chi connectivity index (χ0v) is 12.9. The Kier molecular flexibility index (Phi) is 7.63. The minimum absolute atomic E-state index is 0.332. The number of carbonyl (C=O) groups is 1. The molecule has 0 fully saturated rings. The van der Waals surface area contributed by atoms with Crippen molar-refractivity contribution >= 4 is 40.0 Å². The van der Waals surface area contributed by atoms with Crippen molar-refractivity contribution in [1.82, 2.24) is 0 Å². The molecule has 5 heteroatoms. The van der Waals surface area contributed by atoms with Crippen LogP contribution in [-0.4, -0.2) is 11.8 Å². The third-order valence-corrected chi connectivity index (χ3v) is 3.38. The highest BCUT2D eigenvalue weighted by Gasteiger charge is 2.03. The number of hydrogen-bond acceptors (Lipinski definition) is 2. The average molecular weight is 331 g/mol. The highest BCUT2D eigenvalue weighted by molar-refractivity contribution is 6.67. The summed E-state index contributed by atoms with van der Waals surface area (Å²) < 4.78 is 0. The summed E-state index contributed by atoms with van der Waals surface area (Å²) in [7, 11) is 0. The summed E-state index contributed by atoms with van der Waals surface area (Å²) in [5.74, 6) is 0. The molecule has 0 aliphatic carbocycles. The van der Waals surface area contributed by atoms with Gasteiger partial charge in [-0.05, 0) is 48.3 Å². The van der Waals surface area contributed by atoms with E-state index in [0.717, 1.165) is 13.0 Å². The van der Waals surface area contributed by atoms with Gasteiger partial charge in [-0.15, -0.1) is 0 Å². The van der Waals surface area contributed by atoms with Gasteiger partial charge in [0.2, 0.25) is 0 Å². The quantitative estimate of drug-likeness (QED) is 0.838. The standard InChI is InChI=1S/C8H11N.C7H3Cl3O/c9-7-6-8-4-2-1-3-5-8;8-5-2-1-4(7(10)11)3-6(5)9/h1-5H,6-7,9H2;1-3H. The number of halogens is 3. The van der Waals surface area contributed by atoms with E-state index in [2.05, 4.69) is 12.1 Å². The van der Waals surface area contributed by atoms with Crippen molar-refractivity contribution in [3.63, 3.8) is 0 Å². The smallest absolute Gasteiger partial charge is 0.252 e. The van der Waals surface area contributed by atoms with Crippen molar-refractivity contribution in [2.45, 2.75) is 6.42 Å². The summed E-state index contributed by atoms with van der Waals surface area (Å²) in [6.45, 7) is 0.740. The SMILES string of the molecule is NCCc1ccccc1.O=C(Cl)c1ccc(Cl)c(Cl)c1. The molecule has 0 saturated heterocycles. The summed E-state index contributed by atoms with van der Waals surface area (Å²) in [4.78, 5) is 10.6. The third kappa shape index (κ3) is 5.93. The van der Waals surface area contributed by atoms with Gasteiger partial charge in [-0.1, -0.05) is 53.5 Å². The van der Waals surface area contributed by atoms with Crippen molar-refractivity contribution in [2.24, 2.45) is 5.73 Å². The fourth-order valence-electron chi connectivity index (χ4n) is 1.43. The molecular weight excluding hydrogens is 317 g/mol. The van der Waals surface area contributed by atoms with Crippen molar-refractivity contribution in [3.05, 3.63) is 69.7 Å². The fourth-order valence-corrected chi connectivity index (χ4v) is 1.85. The maximum Gasteiger partial charge on any atom is 0.252 e. The maximum atomic E-state index is 10.6. The van der Waals surface area contributed by atoms with Gasteiger partial charge in [0.1, 0.15) is 0 Å². The molecule has 0 heterocycles. The molecule has 0 saturated carbocycles. The van der Waals surface area contributed by atoms with Crippen molar-refractivity contribution in [1.29, 1.82) is 0 Å². The van der Waals surface area contributed by atoms with Crippen LogP contribution in [0.5, 0.6) is 0 Å². The lowest BCUT2D eigenvalue weighted by atomic mass is 10.2. The molecule has 0 bridgehead atoms. The van der Waals surface area contributed by atoms with Gasteiger partial charge in [-0.25, -0.2) is 0 Å². The van der Waals surface area contributed by atoms with Crippen LogP contribution in [0.4, 0.5) is 0 Å². The van der Waals surface area contributed by atoms with Gasteiger partial charge in [-0.3, -0.25) is 4.79 Å². The Hall–Kier alpha value is -1.06. The molecule has 0 amide bonds. The van der Waals surface area contributed by atoms with Gasteiger partial charge < -0.3 is 5.73 Å². The van der Waals surface area contributed by atoms with Gasteiger partial charge in [0.15, 0.2) is 0 Å². The van der Waals surface area contributed by atoms with Crippen LogP contribution >= 0.6 is 34.8 Å². The van der Waals surface area contributed by atoms with E-state index >= 15 is 0 Å². The predicted molar refractivity (Wildman–Crippen MR) is 85.8 cm³/mol. The number of nitrogens with two attached hydrogens (primary N) is 1. The van der Waals surface area contributed by atoms with Crippen molar-refractivity contribution in [2.75, 3.05) is 6.54 Å². The molecule has 0 spiro atoms. The molecule has 2 rings (SSSR count). The Bertz CT molecular complexity index is 558. The van der Waals surface area contributed by atoms with Gasteiger partial charge in [0.05, 0.1) is 10.0 Å². The third-order valence-electron chi connectivity index (χ3n) is 2.42. The molecule has 0 unspecified atom stereocenters. The average Bonchev–Trinajstić information content (AvgIpc) is 2.44. The van der Waals surface area contributed by atoms with E-state index in [1.807, 2.05) is 18.2 Å². The Labute approximate surface area is 133 Å². The second kappa shape index (κ2) is 8.98. The minimum Gasteiger partial charge on any atom is -0.330 e. The predicted octanol–water partition coefficient (Wildman–Crippen LogP) is 4.56. The molecule has 0 atom stereocenters. The lowest BCUT2D eigenvalue weighted by molar-refractivity contribution is 0.108. The summed E-state index contributed by atoms with van der Waals surface area (Å²) in [6, 6.07) is 14.7. The van der Waals surface area contributed by atoms with E-state index in [0.29, 0.717) is 15.6 Å². The Morgan fingerprint density at radius 1 is 1.00 bits per heavy atom. The second-order valence-corrected chi connectivity index (χ2v) is 5.08. The molecule has 0 radical (unpaired) electrons. The summed E-state index contributed by atoms with van der Waals surface area (Å²) in [5.41, 5.74) is 7.03. The van der Waals surface area contributed by atoms with E-state index in [1.165, 1.54) is 23.8 Å². The first-order valence-corrected chi connectivity index (χ1v) is 7.07. The molecule has 0 aliphatic rings. The molecule has 20 heavy (non-hydrogen) atoms. The van der Waals surface area contributed by atoms with Gasteiger partial charge in [0.25, 0.3) is 5.24 Å². The van der Waals surface area contributed by atoms with Crippen LogP contribution in [0.25, 0.3) is 0 Å². The zero-order chi connectivity index (χ0) is 15.0. The summed E-state index contributed by atoms with van der Waals surface area (Å²) in [6.07, 6.45) is 0.987. The molecule has 2 aromatic carbocycles. The van der Waals surface area contributed by atoms with Crippen LogP contribution in [0.1, 0.15) is 15.9 Å². The molecule has 2 nitrogen and oxygen atoms in total. The first-order valence-electron chi connectivity index (χ1n) is 5.93. The molecular formula is C15H14Cl3NO. The molecule has 2 aromatic rings. The second-order valence-electron chi connectivity index (χ2n) is 3.93. The van der Waals surface area contributed by atoms with Crippen LogP contribution in [0, 0.1) is 0 Å². The number of carbonyl (C=O) groups excluding carboxylic acids is 1. The first-order chi connectivity index (χ1) is 9.54. The minimum atomic E-state index is -0.538. The van der Waals surface area contributed by atoms with Crippen molar-refractivity contribution < 1.29 is 4.79 Å². The highest BCUT2D eigenvalue weighted by atomic mass is 35.5. The molecule has 2 N–H and O–H groups in total. The summed E-state index contributed by atoms with van der Waals surface area (Å²) >= 11 is 16.4. The van der Waals surface area contributed by atoms with E-state index in [1.54, 1.807) is 0 Å². The van der Waals surface area contributed by atoms with Crippen LogP contribution < -0.4 is 5.73 Å². The highest BCUT2D eigenvalue weighted by Crippen LogP contribution is 2.23. The normalized spacial score (nSPS) is 9.60. The van der Waals surface area contributed by atoms with Crippen LogP contribution in [0.3, 0.4) is 0 Å². The lowest BCUT2D eigenvalue weighted by Crippen LogP contribution is -2.01. The molecule has 106 valence electrons. The van der Waals surface area contributed by atoms with Crippen LogP contribution in [0.15, 0.2) is 48.5 Å². The Morgan fingerprint density at radius 2 is 1.65 bits per heavy atom. The Morgan fingerprint density at radius 3 is 2.15 bits per heavy atom. The number of hydrogen-bond donors (Lipinski definition) is 1. The van der Waals surface area contributed by atoms with Crippen LogP contribution in [-0.2, 0) is 6.42 Å². The zero-order valence-electron chi connectivity index (χ0n) is 10.7. The largest absolute Gasteiger partial charge is 0.330 e. The summed E-state index contributed by atoms with van der Waals surface area (Å²) in [5, 5.41) is 0.204. The van der Waals surface area contributed by atoms with Gasteiger partial charge in [-0.2, -0.15) is 0 Å². The topological polar surface area (TPSA) is 43.1 Å². The lowest BCUT2D eigenvalue weighted by Gasteiger charge is -1.96. The number of benzene rings is 2. The Balaban J connectivity index is 0.000000204. The van der Waals surface area contributed by atoms with E-state index in [-0.39, 0.29) is 0 Å². The van der Waals surface area contributed by atoms with Gasteiger partial charge >= 0.3 is 0 Å². The molecule has 0 aromatic heterocycles. The van der Waals surface area contributed by atoms with Crippen molar-refractivity contribution in [3.8, 4) is 0 Å². The van der Waals surface area contributed by atoms with E-state index in [9.17, 15) is 4.79 Å². The molecule has 0 aliphatic heterocycles. The monoisotopic (exact) mass is 329 g/mol. The number of rotatable bonds is 3. The van der Waals surface area contributed by atoms with Crippen LogP contribution in [0.2, 0.25) is 10.0 Å². The maximum absolute atomic E-state index is 10.6. The fraction of sp³-hybridized carbons (Fsp3) is 0.133. The first kappa shape index (κ1) is 17.0. The van der Waals surface area contributed by atoms with E-state index in [4.69, 9.17) is 40.5 Å². The van der Waals surface area contributed by atoms with E-state index < -0.39 is 5.24 Å².